The summed E-state index contributed by atoms with van der Waals surface area (Å²) in [5.41, 5.74) is 1.28. The molecule has 0 saturated heterocycles. The van der Waals surface area contributed by atoms with Crippen molar-refractivity contribution in [1.82, 2.24) is 4.98 Å². The Balaban J connectivity index is 1.80. The van der Waals surface area contributed by atoms with E-state index >= 15 is 0 Å². The van der Waals surface area contributed by atoms with Crippen molar-refractivity contribution in [3.63, 3.8) is 0 Å². The van der Waals surface area contributed by atoms with Gasteiger partial charge in [-0.3, -0.25) is 0 Å². The average molecular weight is 306 g/mol. The van der Waals surface area contributed by atoms with Gasteiger partial charge in [-0.15, -0.1) is 0 Å². The van der Waals surface area contributed by atoms with E-state index in [0.717, 1.165) is 0 Å². The maximum absolute atomic E-state index is 6.00. The minimum Gasteiger partial charge on any atom is -0.488 e. The summed E-state index contributed by atoms with van der Waals surface area (Å²) in [7, 11) is 0. The third-order valence-corrected chi connectivity index (χ3v) is 3.34. The lowest BCUT2D eigenvalue weighted by Gasteiger charge is -2.18. The van der Waals surface area contributed by atoms with Gasteiger partial charge in [0.05, 0.1) is 5.02 Å². The van der Waals surface area contributed by atoms with Gasteiger partial charge in [-0.25, -0.2) is 4.98 Å². The molecule has 0 amide bonds. The van der Waals surface area contributed by atoms with Crippen LogP contribution in [0.25, 0.3) is 0 Å². The van der Waals surface area contributed by atoms with Crippen LogP contribution in [0.1, 0.15) is 26.3 Å². The highest BCUT2D eigenvalue weighted by Crippen LogP contribution is 2.23. The topological polar surface area (TPSA) is 31.4 Å². The van der Waals surface area contributed by atoms with Crippen LogP contribution < -0.4 is 9.47 Å². The molecule has 2 rings (SSSR count). The zero-order valence-electron chi connectivity index (χ0n) is 12.6. The van der Waals surface area contributed by atoms with E-state index in [-0.39, 0.29) is 5.41 Å². The predicted octanol–water partition coefficient (Wildman–Crippen LogP) is 4.49. The summed E-state index contributed by atoms with van der Waals surface area (Å²) in [6.45, 7) is 7.31. The second-order valence-electron chi connectivity index (χ2n) is 5.76. The van der Waals surface area contributed by atoms with Crippen molar-refractivity contribution in [3.05, 3.63) is 53.2 Å². The third kappa shape index (κ3) is 4.64. The number of nitrogens with zero attached hydrogens (tertiary/aromatic N) is 1. The van der Waals surface area contributed by atoms with Gasteiger partial charge in [-0.1, -0.05) is 50.6 Å². The number of benzene rings is 1. The fourth-order valence-electron chi connectivity index (χ4n) is 1.77. The van der Waals surface area contributed by atoms with Crippen molar-refractivity contribution < 1.29 is 9.47 Å². The highest BCUT2D eigenvalue weighted by Gasteiger charge is 2.13. The molecule has 1 aromatic heterocycles. The van der Waals surface area contributed by atoms with Crippen LogP contribution in [0.2, 0.25) is 5.02 Å². The van der Waals surface area contributed by atoms with Gasteiger partial charge in [0.1, 0.15) is 19.0 Å². The molecular weight excluding hydrogens is 286 g/mol. The number of pyridine rings is 1. The van der Waals surface area contributed by atoms with E-state index in [1.807, 2.05) is 36.5 Å². The van der Waals surface area contributed by atoms with Crippen molar-refractivity contribution in [2.45, 2.75) is 26.2 Å². The van der Waals surface area contributed by atoms with E-state index in [1.165, 1.54) is 5.56 Å². The largest absolute Gasteiger partial charge is 0.488 e. The molecule has 3 nitrogen and oxygen atoms in total. The molecule has 0 spiro atoms. The molecule has 0 aliphatic rings. The summed E-state index contributed by atoms with van der Waals surface area (Å²) in [6.07, 6.45) is 1.85. The highest BCUT2D eigenvalue weighted by atomic mass is 35.5. The fraction of sp³-hybridized carbons (Fsp3) is 0.353. The Morgan fingerprint density at radius 1 is 1.00 bits per heavy atom. The van der Waals surface area contributed by atoms with Gasteiger partial charge in [0, 0.05) is 12.3 Å². The van der Waals surface area contributed by atoms with E-state index in [2.05, 4.69) is 25.8 Å². The van der Waals surface area contributed by atoms with Crippen molar-refractivity contribution >= 4 is 11.6 Å². The van der Waals surface area contributed by atoms with Crippen LogP contribution in [0, 0.1) is 0 Å². The first-order chi connectivity index (χ1) is 9.97. The normalized spacial score (nSPS) is 11.2. The van der Waals surface area contributed by atoms with E-state index in [0.29, 0.717) is 29.9 Å². The quantitative estimate of drug-likeness (QED) is 0.763. The van der Waals surface area contributed by atoms with Gasteiger partial charge in [-0.2, -0.15) is 0 Å². The van der Waals surface area contributed by atoms with Gasteiger partial charge in [0.25, 0.3) is 0 Å². The van der Waals surface area contributed by atoms with E-state index in [4.69, 9.17) is 21.1 Å². The van der Waals surface area contributed by atoms with Crippen LogP contribution in [-0.4, -0.2) is 18.2 Å². The van der Waals surface area contributed by atoms with Crippen LogP contribution in [0.4, 0.5) is 0 Å². The van der Waals surface area contributed by atoms with Crippen molar-refractivity contribution in [2.24, 2.45) is 0 Å². The molecule has 0 aliphatic carbocycles. The second kappa shape index (κ2) is 6.81. The van der Waals surface area contributed by atoms with Crippen molar-refractivity contribution in [1.29, 1.82) is 0 Å². The number of aromatic nitrogens is 1. The van der Waals surface area contributed by atoms with Gasteiger partial charge < -0.3 is 9.47 Å². The third-order valence-electron chi connectivity index (χ3n) is 3.03. The molecule has 21 heavy (non-hydrogen) atoms. The number of ether oxygens (including phenoxy) is 2. The number of hydrogen-bond donors (Lipinski definition) is 0. The van der Waals surface area contributed by atoms with Crippen LogP contribution in [0.3, 0.4) is 0 Å². The SMILES string of the molecule is CC(C)(C)c1ccc(OCCOc2ccccc2Cl)nc1. The first kappa shape index (κ1) is 15.6. The monoisotopic (exact) mass is 305 g/mol. The molecule has 1 heterocycles. The molecular formula is C17H20ClNO2. The molecule has 0 radical (unpaired) electrons. The number of halogens is 1. The minimum absolute atomic E-state index is 0.0959. The van der Waals surface area contributed by atoms with Crippen molar-refractivity contribution in [2.75, 3.05) is 13.2 Å². The molecule has 0 saturated carbocycles. The molecule has 0 bridgehead atoms. The lowest BCUT2D eigenvalue weighted by Crippen LogP contribution is -2.12. The van der Waals surface area contributed by atoms with Gasteiger partial charge in [0.2, 0.25) is 5.88 Å². The van der Waals surface area contributed by atoms with E-state index in [9.17, 15) is 0 Å². The summed E-state index contributed by atoms with van der Waals surface area (Å²) >= 11 is 6.00. The lowest BCUT2D eigenvalue weighted by atomic mass is 9.88. The average Bonchev–Trinajstić information content (AvgIpc) is 2.45. The summed E-state index contributed by atoms with van der Waals surface area (Å²) in [4.78, 5) is 4.30. The highest BCUT2D eigenvalue weighted by molar-refractivity contribution is 6.32. The zero-order valence-corrected chi connectivity index (χ0v) is 13.4. The molecule has 0 N–H and O–H groups in total. The Hall–Kier alpha value is -1.74. The predicted molar refractivity (Wildman–Crippen MR) is 85.4 cm³/mol. The van der Waals surface area contributed by atoms with Crippen LogP contribution in [0.15, 0.2) is 42.6 Å². The molecule has 0 aliphatic heterocycles. The molecule has 0 atom stereocenters. The molecule has 0 unspecified atom stereocenters. The summed E-state index contributed by atoms with van der Waals surface area (Å²) in [5, 5.41) is 0.602. The Morgan fingerprint density at radius 2 is 1.71 bits per heavy atom. The lowest BCUT2D eigenvalue weighted by molar-refractivity contribution is 0.212. The van der Waals surface area contributed by atoms with Gasteiger partial charge in [-0.05, 0) is 23.1 Å². The van der Waals surface area contributed by atoms with Gasteiger partial charge >= 0.3 is 0 Å². The summed E-state index contributed by atoms with van der Waals surface area (Å²) in [5.74, 6) is 1.27. The Morgan fingerprint density at radius 3 is 2.33 bits per heavy atom. The number of para-hydroxylation sites is 1. The molecule has 4 heteroatoms. The van der Waals surface area contributed by atoms with E-state index in [1.54, 1.807) is 6.07 Å². The first-order valence-electron chi connectivity index (χ1n) is 6.93. The first-order valence-corrected chi connectivity index (χ1v) is 7.31. The summed E-state index contributed by atoms with van der Waals surface area (Å²) in [6, 6.07) is 11.3. The van der Waals surface area contributed by atoms with Crippen LogP contribution >= 0.6 is 11.6 Å². The molecule has 0 fully saturated rings. The second-order valence-corrected chi connectivity index (χ2v) is 6.17. The fourth-order valence-corrected chi connectivity index (χ4v) is 1.96. The standard InChI is InChI=1S/C17H20ClNO2/c1-17(2,3)13-8-9-16(19-12-13)21-11-10-20-15-7-5-4-6-14(15)18/h4-9,12H,10-11H2,1-3H3. The minimum atomic E-state index is 0.0959. The van der Waals surface area contributed by atoms with Crippen LogP contribution in [0.5, 0.6) is 11.6 Å². The maximum atomic E-state index is 6.00. The number of hydrogen-bond acceptors (Lipinski definition) is 3. The van der Waals surface area contributed by atoms with E-state index < -0.39 is 0 Å². The molecule has 1 aromatic carbocycles. The summed E-state index contributed by atoms with van der Waals surface area (Å²) < 4.78 is 11.1. The molecule has 2 aromatic rings. The Kier molecular flexibility index (Phi) is 5.07. The smallest absolute Gasteiger partial charge is 0.213 e. The van der Waals surface area contributed by atoms with Crippen LogP contribution in [-0.2, 0) is 5.41 Å². The Labute approximate surface area is 130 Å². The molecule has 112 valence electrons. The Bertz CT molecular complexity index is 576. The van der Waals surface area contributed by atoms with Crippen molar-refractivity contribution in [3.8, 4) is 11.6 Å². The number of rotatable bonds is 5. The zero-order chi connectivity index (χ0) is 15.3. The van der Waals surface area contributed by atoms with Gasteiger partial charge in [0.15, 0.2) is 0 Å². The maximum Gasteiger partial charge on any atom is 0.213 e.